The second-order valence-electron chi connectivity index (χ2n) is 6.55. The molecule has 0 saturated carbocycles. The number of carbonyl (C=O) groups excluding carboxylic acids is 1. The van der Waals surface area contributed by atoms with E-state index in [1.165, 1.54) is 0 Å². The molecular formula is C19H21BrClN5O. The zero-order chi connectivity index (χ0) is 19.7. The van der Waals surface area contributed by atoms with Crippen molar-refractivity contribution >= 4 is 39.3 Å². The number of rotatable bonds is 5. The molecule has 0 aliphatic heterocycles. The van der Waals surface area contributed by atoms with Gasteiger partial charge in [0, 0.05) is 16.8 Å². The standard InChI is InChI=1S/C19H21BrClN5O/c1-11-8-17(24-25(11)10-15-6-5-7-16(21)9-15)22-19(27)14(4)26-13(3)18(20)12(2)23-26/h5-9,14H,10H2,1-4H3,(H,22,24,27). The summed E-state index contributed by atoms with van der Waals surface area (Å²) in [6.07, 6.45) is 0. The summed E-state index contributed by atoms with van der Waals surface area (Å²) in [5.41, 5.74) is 3.77. The van der Waals surface area contributed by atoms with Crippen LogP contribution in [-0.2, 0) is 11.3 Å². The van der Waals surface area contributed by atoms with E-state index in [4.69, 9.17) is 11.6 Å². The largest absolute Gasteiger partial charge is 0.307 e. The SMILES string of the molecule is Cc1nn(C(C)C(=O)Nc2cc(C)n(Cc3cccc(Cl)c3)n2)c(C)c1Br. The summed E-state index contributed by atoms with van der Waals surface area (Å²) in [4.78, 5) is 12.7. The Balaban J connectivity index is 1.74. The summed E-state index contributed by atoms with van der Waals surface area (Å²) in [5, 5.41) is 12.5. The molecule has 27 heavy (non-hydrogen) atoms. The van der Waals surface area contributed by atoms with Gasteiger partial charge in [-0.1, -0.05) is 23.7 Å². The van der Waals surface area contributed by atoms with Crippen LogP contribution in [0.1, 0.15) is 35.6 Å². The zero-order valence-electron chi connectivity index (χ0n) is 15.6. The molecular weight excluding hydrogens is 430 g/mol. The molecule has 3 aromatic rings. The predicted molar refractivity (Wildman–Crippen MR) is 110 cm³/mol. The van der Waals surface area contributed by atoms with Crippen LogP contribution in [-0.4, -0.2) is 25.5 Å². The molecule has 1 N–H and O–H groups in total. The van der Waals surface area contributed by atoms with E-state index in [1.54, 1.807) is 4.68 Å². The van der Waals surface area contributed by atoms with Gasteiger partial charge in [0.15, 0.2) is 5.82 Å². The van der Waals surface area contributed by atoms with Crippen molar-refractivity contribution in [1.29, 1.82) is 0 Å². The van der Waals surface area contributed by atoms with E-state index in [0.29, 0.717) is 17.4 Å². The van der Waals surface area contributed by atoms with Crippen LogP contribution in [0.4, 0.5) is 5.82 Å². The number of hydrogen-bond donors (Lipinski definition) is 1. The number of aryl methyl sites for hydroxylation is 2. The lowest BCUT2D eigenvalue weighted by Crippen LogP contribution is -2.25. The Kier molecular flexibility index (Phi) is 5.72. The van der Waals surface area contributed by atoms with E-state index in [2.05, 4.69) is 31.4 Å². The molecule has 0 aliphatic rings. The minimum Gasteiger partial charge on any atom is -0.307 e. The maximum Gasteiger partial charge on any atom is 0.250 e. The van der Waals surface area contributed by atoms with Crippen LogP contribution in [0.5, 0.6) is 0 Å². The molecule has 1 atom stereocenters. The molecule has 3 rings (SSSR count). The number of amides is 1. The van der Waals surface area contributed by atoms with Gasteiger partial charge in [-0.2, -0.15) is 10.2 Å². The van der Waals surface area contributed by atoms with Crippen LogP contribution < -0.4 is 5.32 Å². The van der Waals surface area contributed by atoms with Crippen LogP contribution in [0.3, 0.4) is 0 Å². The third-order valence-electron chi connectivity index (χ3n) is 4.44. The highest BCUT2D eigenvalue weighted by Gasteiger charge is 2.21. The molecule has 0 bridgehead atoms. The summed E-state index contributed by atoms with van der Waals surface area (Å²) >= 11 is 9.54. The molecule has 6 nitrogen and oxygen atoms in total. The van der Waals surface area contributed by atoms with Gasteiger partial charge in [0.25, 0.3) is 0 Å². The molecule has 1 aromatic carbocycles. The second-order valence-corrected chi connectivity index (χ2v) is 7.78. The molecule has 2 heterocycles. The second kappa shape index (κ2) is 7.86. The molecule has 0 radical (unpaired) electrons. The molecule has 142 valence electrons. The molecule has 2 aromatic heterocycles. The molecule has 0 spiro atoms. The van der Waals surface area contributed by atoms with E-state index in [9.17, 15) is 4.79 Å². The fourth-order valence-electron chi connectivity index (χ4n) is 2.90. The Morgan fingerprint density at radius 1 is 1.26 bits per heavy atom. The van der Waals surface area contributed by atoms with Gasteiger partial charge in [0.05, 0.1) is 22.4 Å². The van der Waals surface area contributed by atoms with Gasteiger partial charge in [-0.15, -0.1) is 0 Å². The van der Waals surface area contributed by atoms with Gasteiger partial charge in [-0.3, -0.25) is 14.2 Å². The quantitative estimate of drug-likeness (QED) is 0.614. The van der Waals surface area contributed by atoms with E-state index in [1.807, 2.05) is 62.7 Å². The first-order valence-corrected chi connectivity index (χ1v) is 9.74. The molecule has 1 amide bonds. The van der Waals surface area contributed by atoms with Crippen molar-refractivity contribution in [1.82, 2.24) is 19.6 Å². The van der Waals surface area contributed by atoms with Crippen molar-refractivity contribution in [2.45, 2.75) is 40.3 Å². The van der Waals surface area contributed by atoms with Crippen LogP contribution in [0.15, 0.2) is 34.8 Å². The molecule has 0 fully saturated rings. The Hall–Kier alpha value is -2.12. The maximum atomic E-state index is 12.7. The first kappa shape index (κ1) is 19.6. The number of carbonyl (C=O) groups is 1. The minimum absolute atomic E-state index is 0.166. The monoisotopic (exact) mass is 449 g/mol. The minimum atomic E-state index is -0.451. The van der Waals surface area contributed by atoms with Crippen molar-refractivity contribution < 1.29 is 4.79 Å². The molecule has 0 saturated heterocycles. The number of nitrogens with one attached hydrogen (secondary N) is 1. The molecule has 8 heteroatoms. The van der Waals surface area contributed by atoms with E-state index < -0.39 is 6.04 Å². The van der Waals surface area contributed by atoms with Crippen LogP contribution in [0.25, 0.3) is 0 Å². The van der Waals surface area contributed by atoms with E-state index in [0.717, 1.165) is 27.1 Å². The zero-order valence-corrected chi connectivity index (χ0v) is 18.0. The number of hydrogen-bond acceptors (Lipinski definition) is 3. The number of aromatic nitrogens is 4. The van der Waals surface area contributed by atoms with E-state index in [-0.39, 0.29) is 5.91 Å². The summed E-state index contributed by atoms with van der Waals surface area (Å²) in [5.74, 6) is 0.354. The topological polar surface area (TPSA) is 64.7 Å². The van der Waals surface area contributed by atoms with Gasteiger partial charge in [0.1, 0.15) is 6.04 Å². The third-order valence-corrected chi connectivity index (χ3v) is 5.82. The van der Waals surface area contributed by atoms with Gasteiger partial charge in [-0.05, 0) is 61.3 Å². The van der Waals surface area contributed by atoms with Gasteiger partial charge in [-0.25, -0.2) is 0 Å². The van der Waals surface area contributed by atoms with Gasteiger partial charge < -0.3 is 5.32 Å². The first-order valence-electron chi connectivity index (χ1n) is 8.57. The van der Waals surface area contributed by atoms with Crippen molar-refractivity contribution in [3.05, 3.63) is 62.5 Å². The Labute approximate surface area is 171 Å². The molecule has 0 aliphatic carbocycles. The van der Waals surface area contributed by atoms with Crippen LogP contribution >= 0.6 is 27.5 Å². The van der Waals surface area contributed by atoms with E-state index >= 15 is 0 Å². The average Bonchev–Trinajstić information content (AvgIpc) is 3.08. The Morgan fingerprint density at radius 2 is 2.00 bits per heavy atom. The number of anilines is 1. The van der Waals surface area contributed by atoms with Crippen LogP contribution in [0.2, 0.25) is 5.02 Å². The number of benzene rings is 1. The molecule has 1 unspecified atom stereocenters. The highest BCUT2D eigenvalue weighted by molar-refractivity contribution is 9.10. The Morgan fingerprint density at radius 3 is 2.63 bits per heavy atom. The number of halogens is 2. The summed E-state index contributed by atoms with van der Waals surface area (Å²) in [6.45, 7) is 8.19. The fourth-order valence-corrected chi connectivity index (χ4v) is 3.38. The summed E-state index contributed by atoms with van der Waals surface area (Å²) in [7, 11) is 0. The smallest absolute Gasteiger partial charge is 0.250 e. The summed E-state index contributed by atoms with van der Waals surface area (Å²) in [6, 6.07) is 9.05. The predicted octanol–water partition coefficient (Wildman–Crippen LogP) is 4.67. The third kappa shape index (κ3) is 4.25. The highest BCUT2D eigenvalue weighted by Crippen LogP contribution is 2.23. The lowest BCUT2D eigenvalue weighted by atomic mass is 10.2. The fraction of sp³-hybridized carbons (Fsp3) is 0.316. The van der Waals surface area contributed by atoms with Gasteiger partial charge in [0.2, 0.25) is 5.91 Å². The van der Waals surface area contributed by atoms with Gasteiger partial charge >= 0.3 is 0 Å². The highest BCUT2D eigenvalue weighted by atomic mass is 79.9. The summed E-state index contributed by atoms with van der Waals surface area (Å²) < 4.78 is 4.47. The van der Waals surface area contributed by atoms with Crippen molar-refractivity contribution in [3.63, 3.8) is 0 Å². The van der Waals surface area contributed by atoms with Crippen molar-refractivity contribution in [2.75, 3.05) is 5.32 Å². The van der Waals surface area contributed by atoms with Crippen molar-refractivity contribution in [2.24, 2.45) is 0 Å². The average molecular weight is 451 g/mol. The normalized spacial score (nSPS) is 12.2. The van der Waals surface area contributed by atoms with Crippen LogP contribution in [0, 0.1) is 20.8 Å². The number of nitrogens with zero attached hydrogens (tertiary/aromatic N) is 4. The Bertz CT molecular complexity index is 994. The lowest BCUT2D eigenvalue weighted by Gasteiger charge is -2.13. The first-order chi connectivity index (χ1) is 12.8. The maximum absolute atomic E-state index is 12.7. The van der Waals surface area contributed by atoms with Crippen molar-refractivity contribution in [3.8, 4) is 0 Å². The lowest BCUT2D eigenvalue weighted by molar-refractivity contribution is -0.119.